The van der Waals surface area contributed by atoms with E-state index in [1.807, 2.05) is 60.7 Å². The van der Waals surface area contributed by atoms with Gasteiger partial charge in [0, 0.05) is 0 Å². The van der Waals surface area contributed by atoms with Gasteiger partial charge in [0.15, 0.2) is 11.4 Å². The lowest BCUT2D eigenvalue weighted by molar-refractivity contribution is 0.736. The second kappa shape index (κ2) is 5.41. The Kier molecular flexibility index (Phi) is 3.36. The Morgan fingerprint density at radius 1 is 0.652 bits per heavy atom. The van der Waals surface area contributed by atoms with Crippen molar-refractivity contribution in [3.8, 4) is 0 Å². The molecule has 0 aliphatic carbocycles. The Bertz CT molecular complexity index is 844. The van der Waals surface area contributed by atoms with E-state index in [4.69, 9.17) is 23.2 Å². The lowest BCUT2D eigenvalue weighted by Gasteiger charge is -2.32. The van der Waals surface area contributed by atoms with Crippen molar-refractivity contribution in [2.24, 2.45) is 20.0 Å². The van der Waals surface area contributed by atoms with Crippen LogP contribution in [0.1, 0.15) is 11.1 Å². The summed E-state index contributed by atoms with van der Waals surface area (Å²) in [5, 5.41) is 0.262. The van der Waals surface area contributed by atoms with Crippen LogP contribution in [0.15, 0.2) is 80.6 Å². The number of hydrogen-bond donors (Lipinski definition) is 0. The number of benzene rings is 2. The highest BCUT2D eigenvalue weighted by Crippen LogP contribution is 2.40. The van der Waals surface area contributed by atoms with Gasteiger partial charge in [-0.25, -0.2) is 9.98 Å². The number of nitrogens with zero attached hydrogens (tertiary/aromatic N) is 4. The van der Waals surface area contributed by atoms with E-state index in [0.29, 0.717) is 11.5 Å². The first-order chi connectivity index (χ1) is 11.2. The highest BCUT2D eigenvalue weighted by atomic mass is 35.5. The average molecular weight is 341 g/mol. The van der Waals surface area contributed by atoms with E-state index < -0.39 is 5.54 Å². The highest BCUT2D eigenvalue weighted by Gasteiger charge is 2.46. The Hall–Kier alpha value is -2.30. The Balaban J connectivity index is 2.06. The predicted molar refractivity (Wildman–Crippen MR) is 95.1 cm³/mol. The van der Waals surface area contributed by atoms with Gasteiger partial charge in [0.25, 0.3) is 0 Å². The lowest BCUT2D eigenvalue weighted by atomic mass is 9.78. The van der Waals surface area contributed by atoms with Gasteiger partial charge >= 0.3 is 0 Å². The van der Waals surface area contributed by atoms with Crippen molar-refractivity contribution < 1.29 is 0 Å². The zero-order valence-electron chi connectivity index (χ0n) is 11.8. The number of amidine groups is 3. The minimum absolute atomic E-state index is 0.127. The number of hydrogen-bond acceptors (Lipinski definition) is 4. The van der Waals surface area contributed by atoms with Crippen LogP contribution >= 0.6 is 23.2 Å². The molecule has 2 aliphatic rings. The van der Waals surface area contributed by atoms with Gasteiger partial charge in [-0.3, -0.25) is 0 Å². The summed E-state index contributed by atoms with van der Waals surface area (Å²) < 4.78 is 0. The van der Waals surface area contributed by atoms with Crippen LogP contribution in [0.3, 0.4) is 0 Å². The van der Waals surface area contributed by atoms with E-state index in [9.17, 15) is 0 Å². The summed E-state index contributed by atoms with van der Waals surface area (Å²) in [6.45, 7) is 0. The normalized spacial score (nSPS) is 18.5. The van der Waals surface area contributed by atoms with Crippen molar-refractivity contribution in [1.29, 1.82) is 0 Å². The largest absolute Gasteiger partial charge is 0.233 e. The molecule has 0 saturated heterocycles. The minimum Gasteiger partial charge on any atom is -0.233 e. The van der Waals surface area contributed by atoms with Crippen molar-refractivity contribution in [2.75, 3.05) is 0 Å². The number of aliphatic imine (C=N–C) groups is 4. The van der Waals surface area contributed by atoms with Gasteiger partial charge in [-0.1, -0.05) is 60.7 Å². The van der Waals surface area contributed by atoms with Gasteiger partial charge in [0.2, 0.25) is 10.6 Å². The van der Waals surface area contributed by atoms with Crippen LogP contribution in [0.25, 0.3) is 0 Å². The summed E-state index contributed by atoms with van der Waals surface area (Å²) in [6, 6.07) is 19.6. The zero-order valence-corrected chi connectivity index (χ0v) is 13.3. The van der Waals surface area contributed by atoms with Crippen LogP contribution in [0.2, 0.25) is 0 Å². The summed E-state index contributed by atoms with van der Waals surface area (Å²) in [7, 11) is 0. The van der Waals surface area contributed by atoms with Crippen LogP contribution in [0.4, 0.5) is 0 Å². The van der Waals surface area contributed by atoms with Crippen LogP contribution in [-0.4, -0.2) is 22.1 Å². The number of rotatable bonds is 2. The predicted octanol–water partition coefficient (Wildman–Crippen LogP) is 3.99. The van der Waals surface area contributed by atoms with Gasteiger partial charge in [-0.05, 0) is 34.3 Å². The van der Waals surface area contributed by atoms with Crippen LogP contribution in [0, 0.1) is 0 Å². The van der Waals surface area contributed by atoms with Crippen molar-refractivity contribution in [3.63, 3.8) is 0 Å². The molecule has 0 atom stereocenters. The summed E-state index contributed by atoms with van der Waals surface area (Å²) in [5.74, 6) is 0.405. The van der Waals surface area contributed by atoms with Gasteiger partial charge in [0.1, 0.15) is 5.71 Å². The molecule has 0 N–H and O–H groups in total. The first-order valence-corrected chi connectivity index (χ1v) is 7.74. The molecular formula is C17H10Cl2N4. The van der Waals surface area contributed by atoms with Gasteiger partial charge in [-0.2, -0.15) is 9.98 Å². The van der Waals surface area contributed by atoms with E-state index >= 15 is 0 Å². The molecule has 0 bridgehead atoms. The molecule has 0 amide bonds. The summed E-state index contributed by atoms with van der Waals surface area (Å²) in [5.41, 5.74) is 1.54. The highest BCUT2D eigenvalue weighted by molar-refractivity contribution is 6.74. The van der Waals surface area contributed by atoms with Crippen LogP contribution in [0.5, 0.6) is 0 Å². The summed E-state index contributed by atoms with van der Waals surface area (Å²) in [4.78, 5) is 17.4. The molecule has 112 valence electrons. The van der Waals surface area contributed by atoms with E-state index in [1.165, 1.54) is 0 Å². The fraction of sp³-hybridized carbons (Fsp3) is 0.0588. The first-order valence-electron chi connectivity index (χ1n) is 6.99. The van der Waals surface area contributed by atoms with Crippen molar-refractivity contribution in [3.05, 3.63) is 71.8 Å². The SMILES string of the molecule is ClC1=NC2=NC(Cl)=NC(c3ccccc3)(c3ccccc3)C2=N1. The third-order valence-electron chi connectivity index (χ3n) is 3.80. The monoisotopic (exact) mass is 340 g/mol. The molecule has 2 heterocycles. The maximum Gasteiger partial charge on any atom is 0.224 e. The fourth-order valence-electron chi connectivity index (χ4n) is 2.86. The minimum atomic E-state index is -0.906. The molecule has 0 radical (unpaired) electrons. The maximum atomic E-state index is 6.21. The summed E-state index contributed by atoms with van der Waals surface area (Å²) in [6.07, 6.45) is 0. The Morgan fingerprint density at radius 3 is 1.78 bits per heavy atom. The Labute approximate surface area is 142 Å². The fourth-order valence-corrected chi connectivity index (χ4v) is 3.23. The molecule has 4 rings (SSSR count). The summed E-state index contributed by atoms with van der Waals surface area (Å²) >= 11 is 12.2. The van der Waals surface area contributed by atoms with Crippen LogP contribution in [-0.2, 0) is 5.54 Å². The number of halogens is 2. The third-order valence-corrected chi connectivity index (χ3v) is 4.14. The smallest absolute Gasteiger partial charge is 0.224 e. The molecule has 2 aliphatic heterocycles. The average Bonchev–Trinajstić information content (AvgIpc) is 2.96. The molecule has 0 saturated carbocycles. The van der Waals surface area contributed by atoms with E-state index in [-0.39, 0.29) is 10.6 Å². The molecule has 4 nitrogen and oxygen atoms in total. The molecular weight excluding hydrogens is 331 g/mol. The molecule has 2 aromatic rings. The van der Waals surface area contributed by atoms with Crippen LogP contribution < -0.4 is 0 Å². The second-order valence-corrected chi connectivity index (χ2v) is 5.78. The van der Waals surface area contributed by atoms with Crippen molar-refractivity contribution >= 4 is 45.3 Å². The van der Waals surface area contributed by atoms with E-state index in [0.717, 1.165) is 11.1 Å². The number of fused-ring (bicyclic) bond motifs is 1. The molecule has 6 heteroatoms. The third kappa shape index (κ3) is 2.22. The molecule has 0 spiro atoms. The molecule has 2 aromatic carbocycles. The van der Waals surface area contributed by atoms with Gasteiger partial charge in [-0.15, -0.1) is 0 Å². The van der Waals surface area contributed by atoms with Gasteiger partial charge in [0.05, 0.1) is 0 Å². The lowest BCUT2D eigenvalue weighted by Crippen LogP contribution is -2.41. The second-order valence-electron chi connectivity index (χ2n) is 5.10. The zero-order chi connectivity index (χ0) is 15.9. The topological polar surface area (TPSA) is 49.4 Å². The first kappa shape index (κ1) is 14.3. The standard InChI is InChI=1S/C17H10Cl2N4/c18-15-20-13-14(21-15)22-16(19)23-17(13,11-7-3-1-4-8-11)12-9-5-2-6-10-12/h1-10H. The quantitative estimate of drug-likeness (QED) is 0.742. The van der Waals surface area contributed by atoms with E-state index in [1.54, 1.807) is 0 Å². The van der Waals surface area contributed by atoms with Gasteiger partial charge < -0.3 is 0 Å². The maximum absolute atomic E-state index is 6.21. The molecule has 0 fully saturated rings. The molecule has 0 unspecified atom stereocenters. The Morgan fingerprint density at radius 2 is 1.22 bits per heavy atom. The van der Waals surface area contributed by atoms with Crippen molar-refractivity contribution in [2.45, 2.75) is 5.54 Å². The van der Waals surface area contributed by atoms with Crippen molar-refractivity contribution in [1.82, 2.24) is 0 Å². The van der Waals surface area contributed by atoms with E-state index in [2.05, 4.69) is 20.0 Å². The molecule has 0 aromatic heterocycles. The molecule has 23 heavy (non-hydrogen) atoms.